The van der Waals surface area contributed by atoms with E-state index in [1.165, 1.54) is 25.0 Å². The highest BCUT2D eigenvalue weighted by molar-refractivity contribution is 6.00. The van der Waals surface area contributed by atoms with Gasteiger partial charge >= 0.3 is 5.97 Å². The van der Waals surface area contributed by atoms with Crippen molar-refractivity contribution in [2.24, 2.45) is 16.9 Å². The van der Waals surface area contributed by atoms with Crippen molar-refractivity contribution in [3.05, 3.63) is 40.5 Å². The maximum Gasteiger partial charge on any atom is 0.319 e. The number of nitrogens with two attached hydrogens (primary N) is 3. The average Bonchev–Trinajstić information content (AvgIpc) is 3.40. The van der Waals surface area contributed by atoms with Crippen LogP contribution in [0.1, 0.15) is 85.0 Å². The van der Waals surface area contributed by atoms with Gasteiger partial charge in [0.25, 0.3) is 5.91 Å². The molecule has 1 saturated carbocycles. The van der Waals surface area contributed by atoms with Crippen molar-refractivity contribution in [1.82, 2.24) is 9.78 Å². The van der Waals surface area contributed by atoms with Crippen LogP contribution in [-0.4, -0.2) is 40.1 Å². The molecule has 0 aliphatic heterocycles. The third-order valence-corrected chi connectivity index (χ3v) is 6.32. The number of carbonyl (C=O) groups excluding carboxylic acids is 3. The summed E-state index contributed by atoms with van der Waals surface area (Å²) in [6, 6.07) is 2.64. The predicted octanol–water partition coefficient (Wildman–Crippen LogP) is 2.84. The van der Waals surface area contributed by atoms with Gasteiger partial charge in [-0.2, -0.15) is 5.10 Å². The zero-order chi connectivity index (χ0) is 25.9. The largest absolute Gasteiger partial charge is 0.461 e. The number of esters is 1. The molecule has 1 fully saturated rings. The van der Waals surface area contributed by atoms with Gasteiger partial charge in [0, 0.05) is 18.2 Å². The second-order valence-corrected chi connectivity index (χ2v) is 9.83. The van der Waals surface area contributed by atoms with Crippen molar-refractivity contribution in [1.29, 1.82) is 0 Å². The fraction of sp³-hybridized carbons (Fsp3) is 0.520. The van der Waals surface area contributed by atoms with E-state index >= 15 is 0 Å². The van der Waals surface area contributed by atoms with Crippen LogP contribution in [0.5, 0.6) is 0 Å². The van der Waals surface area contributed by atoms with E-state index in [2.05, 4.69) is 5.10 Å². The summed E-state index contributed by atoms with van der Waals surface area (Å²) in [5, 5.41) is 4.51. The summed E-state index contributed by atoms with van der Waals surface area (Å²) in [4.78, 5) is 34.5. The summed E-state index contributed by atoms with van der Waals surface area (Å²) >= 11 is 0. The average molecular weight is 488 g/mol. The van der Waals surface area contributed by atoms with Crippen LogP contribution in [-0.2, 0) is 22.4 Å². The number of hydrogen-bond donors (Lipinski definition) is 3. The van der Waals surface area contributed by atoms with Gasteiger partial charge in [0.1, 0.15) is 11.9 Å². The monoisotopic (exact) mass is 487 g/mol. The van der Waals surface area contributed by atoms with E-state index in [0.717, 1.165) is 18.5 Å². The summed E-state index contributed by atoms with van der Waals surface area (Å²) in [7, 11) is 0. The number of primary amides is 1. The zero-order valence-corrected chi connectivity index (χ0v) is 20.5. The highest BCUT2D eigenvalue weighted by Gasteiger charge is 2.36. The number of hydrogen-bond acceptors (Lipinski definition) is 7. The molecule has 0 atom stereocenters. The van der Waals surface area contributed by atoms with Crippen LogP contribution in [0.25, 0.3) is 5.69 Å². The quantitative estimate of drug-likeness (QED) is 0.432. The minimum absolute atomic E-state index is 0.0104. The molecule has 2 aliphatic carbocycles. The number of ketones is 1. The molecule has 6 N–H and O–H groups in total. The number of Topliss-reactive ketones (excluding diaryl/α,β-unsaturated/α-hetero) is 1. The number of halogens is 1. The number of aryl methyl sites for hydroxylation is 1. The summed E-state index contributed by atoms with van der Waals surface area (Å²) in [5.41, 5.74) is 17.9. The number of benzene rings is 1. The Morgan fingerprint density at radius 3 is 2.43 bits per heavy atom. The first-order chi connectivity index (χ1) is 16.5. The van der Waals surface area contributed by atoms with E-state index in [0.29, 0.717) is 36.2 Å². The van der Waals surface area contributed by atoms with Crippen LogP contribution in [0.2, 0.25) is 0 Å². The van der Waals surface area contributed by atoms with Crippen molar-refractivity contribution < 1.29 is 23.5 Å². The van der Waals surface area contributed by atoms with E-state index in [4.69, 9.17) is 21.9 Å². The molecule has 10 heteroatoms. The van der Waals surface area contributed by atoms with Crippen molar-refractivity contribution in [3.8, 4) is 5.69 Å². The molecule has 1 aromatic heterocycles. The lowest BCUT2D eigenvalue weighted by Gasteiger charge is -2.29. The highest BCUT2D eigenvalue weighted by atomic mass is 19.1. The Hall–Kier alpha value is -3.27. The Morgan fingerprint density at radius 1 is 1.23 bits per heavy atom. The third-order valence-electron chi connectivity index (χ3n) is 6.32. The molecular formula is C25H34FN5O4. The summed E-state index contributed by atoms with van der Waals surface area (Å²) in [6.45, 7) is 5.96. The molecule has 2 aromatic rings. The Bertz CT molecular complexity index is 1110. The number of anilines is 1. The number of aromatic nitrogens is 2. The molecule has 1 aromatic carbocycles. The van der Waals surface area contributed by atoms with Crippen molar-refractivity contribution >= 4 is 23.3 Å². The molecule has 35 heavy (non-hydrogen) atoms. The van der Waals surface area contributed by atoms with Crippen LogP contribution in [0.3, 0.4) is 0 Å². The highest BCUT2D eigenvalue weighted by Crippen LogP contribution is 2.37. The zero-order valence-electron chi connectivity index (χ0n) is 20.5. The fourth-order valence-corrected chi connectivity index (χ4v) is 4.72. The van der Waals surface area contributed by atoms with Gasteiger partial charge in [0.15, 0.2) is 5.78 Å². The number of nitrogen functional groups attached to an aromatic ring is 1. The lowest BCUT2D eigenvalue weighted by molar-refractivity contribution is -0.146. The first-order valence-corrected chi connectivity index (χ1v) is 11.9. The van der Waals surface area contributed by atoms with Gasteiger partial charge in [-0.05, 0) is 50.0 Å². The summed E-state index contributed by atoms with van der Waals surface area (Å²) < 4.78 is 20.9. The molecule has 0 bridgehead atoms. The molecular weight excluding hydrogens is 453 g/mol. The Balaban J connectivity index is 0.000000287. The number of amides is 1. The van der Waals surface area contributed by atoms with Crippen molar-refractivity contribution in [2.45, 2.75) is 71.8 Å². The first-order valence-electron chi connectivity index (χ1n) is 11.9. The van der Waals surface area contributed by atoms with E-state index in [9.17, 15) is 18.8 Å². The Kier molecular flexibility index (Phi) is 7.94. The van der Waals surface area contributed by atoms with Gasteiger partial charge < -0.3 is 21.9 Å². The molecule has 190 valence electrons. The normalized spacial score (nSPS) is 16.9. The lowest BCUT2D eigenvalue weighted by Crippen LogP contribution is -2.28. The van der Waals surface area contributed by atoms with Crippen LogP contribution in [0, 0.1) is 11.2 Å². The molecule has 0 spiro atoms. The number of carbonyl (C=O) groups is 3. The first kappa shape index (κ1) is 26.3. The van der Waals surface area contributed by atoms with E-state index in [-0.39, 0.29) is 41.1 Å². The number of nitrogens with zero attached hydrogens (tertiary/aromatic N) is 2. The van der Waals surface area contributed by atoms with Gasteiger partial charge in [0.2, 0.25) is 0 Å². The molecule has 0 radical (unpaired) electrons. The SMILES string of the molecule is CCc1nn(-c2cc(N)c(C(N)=O)c(F)c2)c2c1C(=O)CC(C)(C)C2.NCC(=O)OC1CCCC1. The molecule has 0 unspecified atom stereocenters. The van der Waals surface area contributed by atoms with Gasteiger partial charge in [0.05, 0.1) is 34.7 Å². The molecule has 2 aliphatic rings. The van der Waals surface area contributed by atoms with Crippen molar-refractivity contribution in [2.75, 3.05) is 12.3 Å². The Morgan fingerprint density at radius 2 is 1.89 bits per heavy atom. The number of fused-ring (bicyclic) bond motifs is 1. The van der Waals surface area contributed by atoms with Crippen molar-refractivity contribution in [3.63, 3.8) is 0 Å². The van der Waals surface area contributed by atoms with Crippen LogP contribution < -0.4 is 17.2 Å². The fourth-order valence-electron chi connectivity index (χ4n) is 4.72. The topological polar surface area (TPSA) is 156 Å². The predicted molar refractivity (Wildman–Crippen MR) is 130 cm³/mol. The van der Waals surface area contributed by atoms with Gasteiger partial charge in [-0.3, -0.25) is 14.4 Å². The summed E-state index contributed by atoms with van der Waals surface area (Å²) in [6.07, 6.45) is 6.26. The van der Waals surface area contributed by atoms with Crippen LogP contribution in [0.15, 0.2) is 12.1 Å². The molecule has 1 heterocycles. The second kappa shape index (κ2) is 10.6. The van der Waals surface area contributed by atoms with Gasteiger partial charge in [-0.15, -0.1) is 0 Å². The molecule has 4 rings (SSSR count). The van der Waals surface area contributed by atoms with Crippen LogP contribution in [0.4, 0.5) is 10.1 Å². The van der Waals surface area contributed by atoms with E-state index in [1.807, 2.05) is 20.8 Å². The number of ether oxygens (including phenoxy) is 1. The summed E-state index contributed by atoms with van der Waals surface area (Å²) in [5.74, 6) is -1.94. The number of rotatable bonds is 5. The van der Waals surface area contributed by atoms with Gasteiger partial charge in [-0.1, -0.05) is 20.8 Å². The molecule has 9 nitrogen and oxygen atoms in total. The third kappa shape index (κ3) is 5.87. The second-order valence-electron chi connectivity index (χ2n) is 9.83. The molecule has 0 saturated heterocycles. The smallest absolute Gasteiger partial charge is 0.319 e. The van der Waals surface area contributed by atoms with E-state index in [1.54, 1.807) is 4.68 Å². The maximum atomic E-state index is 14.3. The van der Waals surface area contributed by atoms with Gasteiger partial charge in [-0.25, -0.2) is 9.07 Å². The standard InChI is InChI=1S/C18H21FN4O2.C7H13NO2/c1-4-12-16-13(7-18(2,3)8-14(16)24)23(22-12)9-5-10(19)15(17(21)25)11(20)6-9;8-5-7(9)10-6-3-1-2-4-6/h5-6H,4,7-8,20H2,1-3H3,(H2,21,25);6H,1-5,8H2. The maximum absolute atomic E-state index is 14.3. The minimum atomic E-state index is -0.922. The van der Waals surface area contributed by atoms with Crippen LogP contribution >= 0.6 is 0 Å². The van der Waals surface area contributed by atoms with E-state index < -0.39 is 11.7 Å². The lowest BCUT2D eigenvalue weighted by atomic mass is 9.75. The minimum Gasteiger partial charge on any atom is -0.461 e. The molecule has 1 amide bonds. The Labute approximate surface area is 204 Å².